The van der Waals surface area contributed by atoms with E-state index in [1.54, 1.807) is 6.20 Å². The zero-order valence-corrected chi connectivity index (χ0v) is 10.7. The summed E-state index contributed by atoms with van der Waals surface area (Å²) >= 11 is 0. The molecule has 0 aliphatic carbocycles. The average Bonchev–Trinajstić information content (AvgIpc) is 2.84. The van der Waals surface area contributed by atoms with E-state index in [-0.39, 0.29) is 5.82 Å². The van der Waals surface area contributed by atoms with E-state index in [2.05, 4.69) is 34.8 Å². The Morgan fingerprint density at radius 3 is 2.94 bits per heavy atom. The molecule has 1 aromatic rings. The molecular weight excluding hydrogens is 224 g/mol. The second-order valence-corrected chi connectivity index (χ2v) is 4.30. The summed E-state index contributed by atoms with van der Waals surface area (Å²) in [7, 11) is 2.18. The van der Waals surface area contributed by atoms with Crippen molar-refractivity contribution in [3.8, 4) is 18.9 Å². The number of aryl methyl sites for hydroxylation is 1. The maximum absolute atomic E-state index is 8.70. The van der Waals surface area contributed by atoms with Crippen molar-refractivity contribution < 1.29 is 0 Å². The number of hydrogen-bond acceptors (Lipinski definition) is 4. The quantitative estimate of drug-likeness (QED) is 0.756. The van der Waals surface area contributed by atoms with Crippen molar-refractivity contribution in [1.29, 1.82) is 5.26 Å². The number of nitriles is 1. The molecule has 2 rings (SSSR count). The minimum absolute atomic E-state index is 0.275. The van der Waals surface area contributed by atoms with Crippen LogP contribution in [0.3, 0.4) is 0 Å². The van der Waals surface area contributed by atoms with Crippen LogP contribution in [0.4, 0.5) is 0 Å². The molecule has 0 saturated carbocycles. The van der Waals surface area contributed by atoms with Gasteiger partial charge in [-0.05, 0) is 45.3 Å². The van der Waals surface area contributed by atoms with Gasteiger partial charge in [-0.25, -0.2) is 9.97 Å². The lowest BCUT2D eigenvalue weighted by Crippen LogP contribution is -2.25. The zero-order chi connectivity index (χ0) is 13.4. The molecule has 0 bridgehead atoms. The summed E-state index contributed by atoms with van der Waals surface area (Å²) in [6.45, 7) is 1.21. The number of aromatic nitrogens is 2. The third-order valence-corrected chi connectivity index (χ3v) is 3.22. The van der Waals surface area contributed by atoms with Crippen LogP contribution in [0, 0.1) is 24.2 Å². The van der Waals surface area contributed by atoms with Gasteiger partial charge in [-0.3, -0.25) is 0 Å². The third-order valence-electron chi connectivity index (χ3n) is 3.22. The lowest BCUT2D eigenvalue weighted by Gasteiger charge is -2.18. The second kappa shape index (κ2) is 7.42. The largest absolute Gasteiger partial charge is 0.303 e. The molecule has 0 unspecified atom stereocenters. The van der Waals surface area contributed by atoms with E-state index >= 15 is 0 Å². The van der Waals surface area contributed by atoms with Gasteiger partial charge in [0.15, 0.2) is 0 Å². The number of likely N-dealkylation sites (tertiary alicyclic amines) is 1. The molecule has 1 saturated heterocycles. The Hall–Kier alpha value is -1.91. The van der Waals surface area contributed by atoms with Crippen molar-refractivity contribution >= 4 is 0 Å². The number of terminal acetylenes is 1. The van der Waals surface area contributed by atoms with E-state index in [1.165, 1.54) is 19.4 Å². The highest BCUT2D eigenvalue weighted by atomic mass is 15.1. The predicted octanol–water partition coefficient (Wildman–Crippen LogP) is 1.62. The van der Waals surface area contributed by atoms with E-state index in [0.717, 1.165) is 18.5 Å². The van der Waals surface area contributed by atoms with Gasteiger partial charge in [0.25, 0.3) is 0 Å². The Labute approximate surface area is 109 Å². The van der Waals surface area contributed by atoms with Crippen LogP contribution >= 0.6 is 0 Å². The summed E-state index contributed by atoms with van der Waals surface area (Å²) < 4.78 is 0. The summed E-state index contributed by atoms with van der Waals surface area (Å²) in [5, 5.41) is 8.70. The third kappa shape index (κ3) is 3.84. The molecule has 1 aromatic heterocycles. The molecule has 4 nitrogen and oxygen atoms in total. The van der Waals surface area contributed by atoms with Crippen molar-refractivity contribution in [1.82, 2.24) is 14.9 Å². The van der Waals surface area contributed by atoms with Gasteiger partial charge in [0, 0.05) is 17.9 Å². The van der Waals surface area contributed by atoms with Gasteiger partial charge >= 0.3 is 0 Å². The number of nitrogens with zero attached hydrogens (tertiary/aromatic N) is 4. The van der Waals surface area contributed by atoms with Crippen molar-refractivity contribution in [3.63, 3.8) is 0 Å². The maximum atomic E-state index is 8.70. The fraction of sp³-hybridized carbons (Fsp3) is 0.500. The summed E-state index contributed by atoms with van der Waals surface area (Å²) in [6.07, 6.45) is 14.3. The SMILES string of the molecule is C#C.CN1CCC[C@H]1CCc1ccnc(C#N)n1. The molecule has 1 fully saturated rings. The molecule has 4 heteroatoms. The van der Waals surface area contributed by atoms with Crippen LogP contribution in [0.15, 0.2) is 12.3 Å². The molecule has 0 N–H and O–H groups in total. The normalized spacial score (nSPS) is 18.7. The van der Waals surface area contributed by atoms with Gasteiger partial charge in [0.05, 0.1) is 0 Å². The molecule has 0 aromatic carbocycles. The molecule has 1 atom stereocenters. The molecule has 94 valence electrons. The Morgan fingerprint density at radius 1 is 1.56 bits per heavy atom. The monoisotopic (exact) mass is 242 g/mol. The molecule has 0 spiro atoms. The lowest BCUT2D eigenvalue weighted by atomic mass is 10.1. The topological polar surface area (TPSA) is 52.8 Å². The van der Waals surface area contributed by atoms with Gasteiger partial charge in [0.1, 0.15) is 6.07 Å². The molecule has 0 amide bonds. The Balaban J connectivity index is 0.000000771. The first-order chi connectivity index (χ1) is 8.79. The van der Waals surface area contributed by atoms with Crippen LogP contribution in [0.1, 0.15) is 30.8 Å². The van der Waals surface area contributed by atoms with Crippen LogP contribution in [-0.2, 0) is 6.42 Å². The summed E-state index contributed by atoms with van der Waals surface area (Å²) in [6, 6.07) is 4.55. The van der Waals surface area contributed by atoms with Gasteiger partial charge in [-0.2, -0.15) is 5.26 Å². The molecule has 1 aliphatic rings. The summed E-state index contributed by atoms with van der Waals surface area (Å²) in [5.74, 6) is 0.275. The minimum Gasteiger partial charge on any atom is -0.303 e. The number of rotatable bonds is 3. The van der Waals surface area contributed by atoms with E-state index in [9.17, 15) is 0 Å². The first kappa shape index (κ1) is 14.2. The zero-order valence-electron chi connectivity index (χ0n) is 10.7. The van der Waals surface area contributed by atoms with Crippen LogP contribution in [0.2, 0.25) is 0 Å². The van der Waals surface area contributed by atoms with Crippen molar-refractivity contribution in [2.45, 2.75) is 31.7 Å². The van der Waals surface area contributed by atoms with Gasteiger partial charge < -0.3 is 4.90 Å². The van der Waals surface area contributed by atoms with Crippen LogP contribution in [0.25, 0.3) is 0 Å². The number of hydrogen-bond donors (Lipinski definition) is 0. The maximum Gasteiger partial charge on any atom is 0.232 e. The first-order valence-electron chi connectivity index (χ1n) is 6.05. The van der Waals surface area contributed by atoms with Crippen LogP contribution in [-0.4, -0.2) is 34.5 Å². The predicted molar refractivity (Wildman–Crippen MR) is 70.6 cm³/mol. The highest BCUT2D eigenvalue weighted by Gasteiger charge is 2.20. The van der Waals surface area contributed by atoms with Gasteiger partial charge in [0.2, 0.25) is 5.82 Å². The first-order valence-corrected chi connectivity index (χ1v) is 6.05. The van der Waals surface area contributed by atoms with E-state index < -0.39 is 0 Å². The summed E-state index contributed by atoms with van der Waals surface area (Å²) in [4.78, 5) is 10.5. The molecule has 18 heavy (non-hydrogen) atoms. The minimum atomic E-state index is 0.275. The lowest BCUT2D eigenvalue weighted by molar-refractivity contribution is 0.296. The fourth-order valence-electron chi connectivity index (χ4n) is 2.25. The average molecular weight is 242 g/mol. The van der Waals surface area contributed by atoms with Crippen molar-refractivity contribution in [3.05, 3.63) is 23.8 Å². The van der Waals surface area contributed by atoms with Crippen molar-refractivity contribution in [2.24, 2.45) is 0 Å². The fourth-order valence-corrected chi connectivity index (χ4v) is 2.25. The van der Waals surface area contributed by atoms with Crippen LogP contribution in [0.5, 0.6) is 0 Å². The summed E-state index contributed by atoms with van der Waals surface area (Å²) in [5.41, 5.74) is 0.979. The molecule has 2 heterocycles. The van der Waals surface area contributed by atoms with Crippen LogP contribution < -0.4 is 0 Å². The van der Waals surface area contributed by atoms with E-state index in [1.807, 2.05) is 12.1 Å². The standard InChI is InChI=1S/C12H16N4.C2H2/c1-16-8-2-3-11(16)5-4-10-6-7-14-12(9-13)15-10;1-2/h6-7,11H,2-5,8H2,1H3;1-2H/t11-;/m0./s1. The molecule has 0 radical (unpaired) electrons. The Kier molecular flexibility index (Phi) is 5.84. The van der Waals surface area contributed by atoms with E-state index in [4.69, 9.17) is 5.26 Å². The van der Waals surface area contributed by atoms with Crippen molar-refractivity contribution in [2.75, 3.05) is 13.6 Å². The van der Waals surface area contributed by atoms with Gasteiger partial charge in [-0.1, -0.05) is 0 Å². The molecular formula is C14H18N4. The van der Waals surface area contributed by atoms with Gasteiger partial charge in [-0.15, -0.1) is 12.8 Å². The highest BCUT2D eigenvalue weighted by molar-refractivity contribution is 5.12. The Morgan fingerprint density at radius 2 is 2.33 bits per heavy atom. The smallest absolute Gasteiger partial charge is 0.232 e. The molecule has 1 aliphatic heterocycles. The highest BCUT2D eigenvalue weighted by Crippen LogP contribution is 2.19. The Bertz CT molecular complexity index is 433. The second-order valence-electron chi connectivity index (χ2n) is 4.30. The van der Waals surface area contributed by atoms with E-state index in [0.29, 0.717) is 6.04 Å².